The van der Waals surface area contributed by atoms with Gasteiger partial charge in [0.05, 0.1) is 0 Å². The molecule has 0 aromatic carbocycles. The lowest BCUT2D eigenvalue weighted by molar-refractivity contribution is -0.132. The van der Waals surface area contributed by atoms with E-state index in [1.807, 2.05) is 17.8 Å². The number of carbonyl (C=O) groups is 1. The summed E-state index contributed by atoms with van der Waals surface area (Å²) in [6.45, 7) is 3.97. The lowest BCUT2D eigenvalue weighted by atomic mass is 9.91. The van der Waals surface area contributed by atoms with Crippen molar-refractivity contribution in [1.29, 1.82) is 0 Å². The summed E-state index contributed by atoms with van der Waals surface area (Å²) in [5.74, 6) is 0.892. The molecule has 0 amide bonds. The third-order valence-corrected chi connectivity index (χ3v) is 4.21. The van der Waals surface area contributed by atoms with Crippen LogP contribution in [0.1, 0.15) is 39.5 Å². The van der Waals surface area contributed by atoms with Crippen molar-refractivity contribution >= 4 is 17.7 Å². The van der Waals surface area contributed by atoms with Gasteiger partial charge in [-0.05, 0) is 25.7 Å². The molecule has 2 nitrogen and oxygen atoms in total. The van der Waals surface area contributed by atoms with Gasteiger partial charge < -0.3 is 5.11 Å². The minimum Gasteiger partial charge on any atom is -0.478 e. The van der Waals surface area contributed by atoms with Gasteiger partial charge in [0.25, 0.3) is 0 Å². The summed E-state index contributed by atoms with van der Waals surface area (Å²) in [7, 11) is 0. The second-order valence-corrected chi connectivity index (χ2v) is 5.75. The van der Waals surface area contributed by atoms with Crippen molar-refractivity contribution in [3.63, 3.8) is 0 Å². The van der Waals surface area contributed by atoms with Crippen LogP contribution in [0.4, 0.5) is 0 Å². The summed E-state index contributed by atoms with van der Waals surface area (Å²) < 4.78 is 0. The normalized spacial score (nSPS) is 27.7. The third-order valence-electron chi connectivity index (χ3n) is 2.95. The van der Waals surface area contributed by atoms with Crippen LogP contribution in [-0.2, 0) is 4.79 Å². The smallest absolute Gasteiger partial charge is 0.330 e. The van der Waals surface area contributed by atoms with Gasteiger partial charge in [0.1, 0.15) is 0 Å². The second-order valence-electron chi connectivity index (χ2n) is 4.42. The van der Waals surface area contributed by atoms with Crippen molar-refractivity contribution < 1.29 is 9.90 Å². The molecule has 0 aliphatic heterocycles. The Kier molecular flexibility index (Phi) is 5.23. The van der Waals surface area contributed by atoms with Crippen molar-refractivity contribution in [3.8, 4) is 0 Å². The lowest BCUT2D eigenvalue weighted by Crippen LogP contribution is -2.15. The quantitative estimate of drug-likeness (QED) is 0.750. The van der Waals surface area contributed by atoms with E-state index in [-0.39, 0.29) is 0 Å². The molecule has 0 heterocycles. The van der Waals surface area contributed by atoms with Crippen LogP contribution in [0.15, 0.2) is 11.6 Å². The molecule has 86 valence electrons. The number of carboxylic acids is 1. The van der Waals surface area contributed by atoms with Gasteiger partial charge in [-0.2, -0.15) is 11.8 Å². The van der Waals surface area contributed by atoms with Crippen LogP contribution in [0.25, 0.3) is 0 Å². The van der Waals surface area contributed by atoms with Crippen LogP contribution in [0.2, 0.25) is 0 Å². The lowest BCUT2D eigenvalue weighted by Gasteiger charge is -2.25. The van der Waals surface area contributed by atoms with Crippen LogP contribution < -0.4 is 0 Å². The molecule has 15 heavy (non-hydrogen) atoms. The van der Waals surface area contributed by atoms with Crippen molar-refractivity contribution in [3.05, 3.63) is 11.6 Å². The molecule has 0 aromatic heterocycles. The SMILES string of the molecule is CC(=CCSC1CCCC(C)C1)C(=O)O. The minimum absolute atomic E-state index is 0.464. The molecule has 0 saturated heterocycles. The summed E-state index contributed by atoms with van der Waals surface area (Å²) in [6, 6.07) is 0. The highest BCUT2D eigenvalue weighted by atomic mass is 32.2. The largest absolute Gasteiger partial charge is 0.478 e. The molecule has 1 aliphatic rings. The van der Waals surface area contributed by atoms with Gasteiger partial charge in [0.15, 0.2) is 0 Å². The van der Waals surface area contributed by atoms with E-state index in [0.29, 0.717) is 5.57 Å². The molecule has 2 atom stereocenters. The molecule has 2 unspecified atom stereocenters. The van der Waals surface area contributed by atoms with Crippen molar-refractivity contribution in [2.24, 2.45) is 5.92 Å². The van der Waals surface area contributed by atoms with Crippen LogP contribution in [0.5, 0.6) is 0 Å². The van der Waals surface area contributed by atoms with E-state index in [9.17, 15) is 4.79 Å². The molecule has 0 bridgehead atoms. The fourth-order valence-corrected chi connectivity index (χ4v) is 3.34. The molecule has 0 aromatic rings. The summed E-state index contributed by atoms with van der Waals surface area (Å²) in [5.41, 5.74) is 0.464. The van der Waals surface area contributed by atoms with Crippen LogP contribution >= 0.6 is 11.8 Å². The summed E-state index contributed by atoms with van der Waals surface area (Å²) in [4.78, 5) is 10.6. The van der Waals surface area contributed by atoms with Gasteiger partial charge in [-0.3, -0.25) is 0 Å². The first-order chi connectivity index (χ1) is 7.09. The Balaban J connectivity index is 2.25. The van der Waals surface area contributed by atoms with Crippen LogP contribution in [-0.4, -0.2) is 22.1 Å². The van der Waals surface area contributed by atoms with Crippen molar-refractivity contribution in [2.75, 3.05) is 5.75 Å². The first kappa shape index (κ1) is 12.6. The molecule has 3 heteroatoms. The topological polar surface area (TPSA) is 37.3 Å². The number of rotatable bonds is 4. The second kappa shape index (κ2) is 6.21. The van der Waals surface area contributed by atoms with Crippen LogP contribution in [0, 0.1) is 5.92 Å². The van der Waals surface area contributed by atoms with E-state index < -0.39 is 5.97 Å². The fourth-order valence-electron chi connectivity index (χ4n) is 1.93. The van der Waals surface area contributed by atoms with Crippen molar-refractivity contribution in [2.45, 2.75) is 44.8 Å². The average molecular weight is 228 g/mol. The molecule has 0 radical (unpaired) electrons. The molecule has 1 saturated carbocycles. The highest BCUT2D eigenvalue weighted by Gasteiger charge is 2.18. The monoisotopic (exact) mass is 228 g/mol. The van der Waals surface area contributed by atoms with Crippen molar-refractivity contribution in [1.82, 2.24) is 0 Å². The maximum Gasteiger partial charge on any atom is 0.330 e. The van der Waals surface area contributed by atoms with Crippen LogP contribution in [0.3, 0.4) is 0 Å². The van der Waals surface area contributed by atoms with E-state index in [4.69, 9.17) is 5.11 Å². The average Bonchev–Trinajstić information content (AvgIpc) is 2.17. The number of aliphatic carboxylic acids is 1. The standard InChI is InChI=1S/C12H20O2S/c1-9-4-3-5-11(8-9)15-7-6-10(2)12(13)14/h6,9,11H,3-5,7-8H2,1-2H3,(H,13,14). The highest BCUT2D eigenvalue weighted by Crippen LogP contribution is 2.31. The zero-order valence-electron chi connectivity index (χ0n) is 9.53. The first-order valence-corrected chi connectivity index (χ1v) is 6.66. The summed E-state index contributed by atoms with van der Waals surface area (Å²) in [6.07, 6.45) is 7.12. The summed E-state index contributed by atoms with van der Waals surface area (Å²) in [5, 5.41) is 9.43. The fraction of sp³-hybridized carbons (Fsp3) is 0.750. The molecule has 1 N–H and O–H groups in total. The van der Waals surface area contributed by atoms with Gasteiger partial charge in [-0.25, -0.2) is 4.79 Å². The van der Waals surface area contributed by atoms with E-state index in [1.165, 1.54) is 25.7 Å². The maximum atomic E-state index is 10.6. The van der Waals surface area contributed by atoms with E-state index in [1.54, 1.807) is 6.92 Å². The number of thioether (sulfide) groups is 1. The maximum absolute atomic E-state index is 10.6. The van der Waals surface area contributed by atoms with E-state index >= 15 is 0 Å². The zero-order valence-corrected chi connectivity index (χ0v) is 10.3. The Labute approximate surface area is 96.1 Å². The number of hydrogen-bond donors (Lipinski definition) is 1. The molecule has 1 fully saturated rings. The molecule has 1 rings (SSSR count). The number of hydrogen-bond acceptors (Lipinski definition) is 2. The molecular weight excluding hydrogens is 208 g/mol. The van der Waals surface area contributed by atoms with Gasteiger partial charge in [0, 0.05) is 16.6 Å². The van der Waals surface area contributed by atoms with Gasteiger partial charge in [-0.15, -0.1) is 0 Å². The Hall–Kier alpha value is -0.440. The van der Waals surface area contributed by atoms with Gasteiger partial charge >= 0.3 is 5.97 Å². The Morgan fingerprint density at radius 3 is 2.87 bits per heavy atom. The molecule has 1 aliphatic carbocycles. The third kappa shape index (κ3) is 4.74. The van der Waals surface area contributed by atoms with Gasteiger partial charge in [0.2, 0.25) is 0 Å². The molecule has 0 spiro atoms. The van der Waals surface area contributed by atoms with Gasteiger partial charge in [-0.1, -0.05) is 25.8 Å². The minimum atomic E-state index is -0.799. The van der Waals surface area contributed by atoms with E-state index in [0.717, 1.165) is 16.9 Å². The predicted octanol–water partition coefficient (Wildman–Crippen LogP) is 3.33. The molecular formula is C12H20O2S. The van der Waals surface area contributed by atoms with E-state index in [2.05, 4.69) is 6.92 Å². The highest BCUT2D eigenvalue weighted by molar-refractivity contribution is 8.00. The first-order valence-electron chi connectivity index (χ1n) is 5.61. The number of carboxylic acid groups (broad SMARTS) is 1. The zero-order chi connectivity index (χ0) is 11.3. The Morgan fingerprint density at radius 1 is 1.53 bits per heavy atom. The predicted molar refractivity (Wildman–Crippen MR) is 65.3 cm³/mol. The Bertz CT molecular complexity index is 248. The summed E-state index contributed by atoms with van der Waals surface area (Å²) >= 11 is 1.91. The Morgan fingerprint density at radius 2 is 2.27 bits per heavy atom.